The number of hydrogen-bond acceptors (Lipinski definition) is 6. The molecule has 0 radical (unpaired) electrons. The smallest absolute Gasteiger partial charge is 0.262 e. The lowest BCUT2D eigenvalue weighted by Crippen LogP contribution is -2.26. The second kappa shape index (κ2) is 9.17. The SMILES string of the molecule is Cc1cc(C(C)Nc2ccccc2-c2ccnnc2)c2nc(N3Cc4ccccc4C3)c(C)c(=O)n2c1. The Kier molecular flexibility index (Phi) is 5.68. The van der Waals surface area contributed by atoms with Crippen molar-refractivity contribution in [1.29, 1.82) is 0 Å². The van der Waals surface area contributed by atoms with Crippen molar-refractivity contribution in [2.45, 2.75) is 39.9 Å². The number of rotatable bonds is 5. The molecule has 4 heterocycles. The van der Waals surface area contributed by atoms with Crippen LogP contribution in [0.5, 0.6) is 0 Å². The molecule has 3 aromatic heterocycles. The zero-order chi connectivity index (χ0) is 25.5. The summed E-state index contributed by atoms with van der Waals surface area (Å²) in [5, 5.41) is 11.6. The highest BCUT2D eigenvalue weighted by Gasteiger charge is 2.24. The molecule has 7 heteroatoms. The van der Waals surface area contributed by atoms with E-state index >= 15 is 0 Å². The van der Waals surface area contributed by atoms with Gasteiger partial charge in [0.05, 0.1) is 24.0 Å². The van der Waals surface area contributed by atoms with Crippen LogP contribution in [0, 0.1) is 13.8 Å². The average molecular weight is 489 g/mol. The Labute approximate surface area is 215 Å². The van der Waals surface area contributed by atoms with Crippen LogP contribution in [0.3, 0.4) is 0 Å². The highest BCUT2D eigenvalue weighted by Crippen LogP contribution is 2.33. The van der Waals surface area contributed by atoms with Crippen molar-refractivity contribution in [2.75, 3.05) is 10.2 Å². The lowest BCUT2D eigenvalue weighted by atomic mass is 10.0. The third-order valence-corrected chi connectivity index (χ3v) is 7.09. The largest absolute Gasteiger partial charge is 0.378 e. The van der Waals surface area contributed by atoms with Gasteiger partial charge in [0.2, 0.25) is 0 Å². The van der Waals surface area contributed by atoms with Crippen molar-refractivity contribution in [3.63, 3.8) is 0 Å². The Hall–Kier alpha value is -4.52. The minimum atomic E-state index is -0.107. The normalized spacial score (nSPS) is 13.5. The van der Waals surface area contributed by atoms with Crippen molar-refractivity contribution in [1.82, 2.24) is 19.6 Å². The predicted molar refractivity (Wildman–Crippen MR) is 147 cm³/mol. The van der Waals surface area contributed by atoms with E-state index < -0.39 is 0 Å². The standard InChI is InChI=1S/C30H28N6O/c1-19-14-26(21(3)33-27-11-7-6-10-25(27)22-12-13-31-32-15-22)29-34-28(20(2)30(37)36(29)16-19)35-17-23-8-4-5-9-24(23)18-35/h4-16,21,33H,17-18H2,1-3H3. The Bertz CT molecular complexity index is 1650. The molecule has 0 saturated carbocycles. The van der Waals surface area contributed by atoms with Crippen molar-refractivity contribution in [2.24, 2.45) is 0 Å². The van der Waals surface area contributed by atoms with E-state index in [2.05, 4.69) is 69.8 Å². The predicted octanol–water partition coefficient (Wildman–Crippen LogP) is 5.46. The molecule has 0 amide bonds. The molecule has 0 spiro atoms. The summed E-state index contributed by atoms with van der Waals surface area (Å²) in [5.41, 5.74) is 8.86. The summed E-state index contributed by atoms with van der Waals surface area (Å²) in [7, 11) is 0. The van der Waals surface area contributed by atoms with E-state index in [0.29, 0.717) is 11.2 Å². The molecule has 5 aromatic rings. The molecule has 1 N–H and O–H groups in total. The zero-order valence-corrected chi connectivity index (χ0v) is 21.1. The molecule has 1 aliphatic rings. The van der Waals surface area contributed by atoms with Gasteiger partial charge in [0.25, 0.3) is 5.56 Å². The van der Waals surface area contributed by atoms with E-state index in [4.69, 9.17) is 4.98 Å². The third kappa shape index (κ3) is 4.12. The minimum Gasteiger partial charge on any atom is -0.378 e. The number of anilines is 2. The quantitative estimate of drug-likeness (QED) is 0.354. The maximum absolute atomic E-state index is 13.6. The molecule has 2 aromatic carbocycles. The van der Waals surface area contributed by atoms with Gasteiger partial charge in [-0.1, -0.05) is 42.5 Å². The van der Waals surface area contributed by atoms with Crippen molar-refractivity contribution in [3.8, 4) is 11.1 Å². The molecule has 6 rings (SSSR count). The highest BCUT2D eigenvalue weighted by molar-refractivity contribution is 5.77. The van der Waals surface area contributed by atoms with E-state index in [1.807, 2.05) is 38.2 Å². The van der Waals surface area contributed by atoms with E-state index in [1.165, 1.54) is 11.1 Å². The number of benzene rings is 2. The van der Waals surface area contributed by atoms with Gasteiger partial charge in [-0.25, -0.2) is 4.98 Å². The molecule has 184 valence electrons. The van der Waals surface area contributed by atoms with Crippen LogP contribution in [0.25, 0.3) is 16.8 Å². The fourth-order valence-corrected chi connectivity index (χ4v) is 5.22. The highest BCUT2D eigenvalue weighted by atomic mass is 16.1. The van der Waals surface area contributed by atoms with Crippen LogP contribution in [0.1, 0.15) is 40.8 Å². The van der Waals surface area contributed by atoms with E-state index in [0.717, 1.165) is 46.8 Å². The second-order valence-electron chi connectivity index (χ2n) is 9.70. The van der Waals surface area contributed by atoms with E-state index in [-0.39, 0.29) is 11.6 Å². The summed E-state index contributed by atoms with van der Waals surface area (Å²) in [4.78, 5) is 20.9. The van der Waals surface area contributed by atoms with Gasteiger partial charge in [-0.15, -0.1) is 0 Å². The van der Waals surface area contributed by atoms with E-state index in [1.54, 1.807) is 16.8 Å². The van der Waals surface area contributed by atoms with E-state index in [9.17, 15) is 4.79 Å². The van der Waals surface area contributed by atoms with Crippen LogP contribution in [0.4, 0.5) is 11.5 Å². The van der Waals surface area contributed by atoms with Crippen molar-refractivity contribution >= 4 is 17.2 Å². The maximum Gasteiger partial charge on any atom is 0.262 e. The Balaban J connectivity index is 1.43. The summed E-state index contributed by atoms with van der Waals surface area (Å²) >= 11 is 0. The van der Waals surface area contributed by atoms with Gasteiger partial charge >= 0.3 is 0 Å². The van der Waals surface area contributed by atoms with Gasteiger partial charge in [-0.05, 0) is 55.7 Å². The monoisotopic (exact) mass is 488 g/mol. The Morgan fingerprint density at radius 1 is 0.946 bits per heavy atom. The molecular weight excluding hydrogens is 460 g/mol. The van der Waals surface area contributed by atoms with Gasteiger partial charge in [0, 0.05) is 41.7 Å². The molecule has 0 bridgehead atoms. The summed E-state index contributed by atoms with van der Waals surface area (Å²) in [5.74, 6) is 0.752. The number of nitrogens with one attached hydrogen (secondary N) is 1. The van der Waals surface area contributed by atoms with Gasteiger partial charge in [-0.2, -0.15) is 10.2 Å². The molecular formula is C30H28N6O. The number of aryl methyl sites for hydroxylation is 1. The summed E-state index contributed by atoms with van der Waals surface area (Å²) in [6.45, 7) is 7.50. The first-order valence-corrected chi connectivity index (χ1v) is 12.5. The number of fused-ring (bicyclic) bond motifs is 2. The first-order chi connectivity index (χ1) is 18.0. The molecule has 37 heavy (non-hydrogen) atoms. The molecule has 1 unspecified atom stereocenters. The maximum atomic E-state index is 13.6. The van der Waals surface area contributed by atoms with Gasteiger partial charge in [0.1, 0.15) is 11.5 Å². The fourth-order valence-electron chi connectivity index (χ4n) is 5.22. The molecule has 7 nitrogen and oxygen atoms in total. The fraction of sp³-hybridized carbons (Fsp3) is 0.200. The number of hydrogen-bond donors (Lipinski definition) is 1. The lowest BCUT2D eigenvalue weighted by molar-refractivity contribution is 0.824. The Morgan fingerprint density at radius 3 is 2.41 bits per heavy atom. The average Bonchev–Trinajstić information content (AvgIpc) is 3.35. The van der Waals surface area contributed by atoms with Crippen LogP contribution >= 0.6 is 0 Å². The number of aromatic nitrogens is 4. The Morgan fingerprint density at radius 2 is 1.68 bits per heavy atom. The number of nitrogens with zero attached hydrogens (tertiary/aromatic N) is 5. The molecule has 0 fully saturated rings. The first-order valence-electron chi connectivity index (χ1n) is 12.5. The summed E-state index contributed by atoms with van der Waals surface area (Å²) in [6, 6.07) is 20.5. The van der Waals surface area contributed by atoms with Crippen LogP contribution in [0.2, 0.25) is 0 Å². The topological polar surface area (TPSA) is 75.4 Å². The van der Waals surface area contributed by atoms with Crippen LogP contribution in [0.15, 0.2) is 84.0 Å². The number of pyridine rings is 1. The summed E-state index contributed by atoms with van der Waals surface area (Å²) in [6.07, 6.45) is 5.34. The number of para-hydroxylation sites is 1. The molecule has 1 aliphatic heterocycles. The van der Waals surface area contributed by atoms with Gasteiger partial charge < -0.3 is 10.2 Å². The molecule has 0 saturated heterocycles. The summed E-state index contributed by atoms with van der Waals surface area (Å²) < 4.78 is 1.70. The van der Waals surface area contributed by atoms with Gasteiger partial charge in [-0.3, -0.25) is 9.20 Å². The third-order valence-electron chi connectivity index (χ3n) is 7.09. The zero-order valence-electron chi connectivity index (χ0n) is 21.1. The lowest BCUT2D eigenvalue weighted by Gasteiger charge is -2.23. The van der Waals surface area contributed by atoms with Crippen molar-refractivity contribution in [3.05, 3.63) is 117 Å². The van der Waals surface area contributed by atoms with Crippen LogP contribution in [-0.4, -0.2) is 19.6 Å². The first kappa shape index (κ1) is 22.9. The van der Waals surface area contributed by atoms with Crippen LogP contribution in [-0.2, 0) is 13.1 Å². The van der Waals surface area contributed by atoms with Crippen molar-refractivity contribution < 1.29 is 0 Å². The van der Waals surface area contributed by atoms with Gasteiger partial charge in [0.15, 0.2) is 0 Å². The molecule has 0 aliphatic carbocycles. The molecule has 1 atom stereocenters. The minimum absolute atomic E-state index is 0.0311. The van der Waals surface area contributed by atoms with Crippen LogP contribution < -0.4 is 15.8 Å². The second-order valence-corrected chi connectivity index (χ2v) is 9.70.